The summed E-state index contributed by atoms with van der Waals surface area (Å²) in [6.45, 7) is 2.87. The van der Waals surface area contributed by atoms with Crippen LogP contribution in [0, 0.1) is 17.0 Å². The molecule has 0 bridgehead atoms. The van der Waals surface area contributed by atoms with Crippen LogP contribution in [0.15, 0.2) is 48.5 Å². The highest BCUT2D eigenvalue weighted by molar-refractivity contribution is 5.76. The molecule has 0 aliphatic carbocycles. The summed E-state index contributed by atoms with van der Waals surface area (Å²) in [4.78, 5) is 22.3. The Morgan fingerprint density at radius 2 is 1.92 bits per heavy atom. The lowest BCUT2D eigenvalue weighted by molar-refractivity contribution is -0.384. The van der Waals surface area contributed by atoms with Crippen molar-refractivity contribution in [1.29, 1.82) is 0 Å². The van der Waals surface area contributed by atoms with Crippen molar-refractivity contribution in [2.24, 2.45) is 0 Å². The lowest BCUT2D eigenvalue weighted by atomic mass is 10.1. The molecule has 2 rings (SSSR count). The number of nitro groups is 1. The number of carbonyl (C=O) groups is 1. The van der Waals surface area contributed by atoms with Gasteiger partial charge < -0.3 is 10.6 Å². The predicted molar refractivity (Wildman–Crippen MR) is 94.1 cm³/mol. The molecule has 2 aromatic rings. The molecule has 6 nitrogen and oxygen atoms in total. The van der Waals surface area contributed by atoms with Crippen molar-refractivity contribution in [1.82, 2.24) is 5.32 Å². The van der Waals surface area contributed by atoms with E-state index >= 15 is 0 Å². The Morgan fingerprint density at radius 1 is 1.12 bits per heavy atom. The Kier molecular flexibility index (Phi) is 6.31. The molecule has 2 aromatic carbocycles. The topological polar surface area (TPSA) is 84.3 Å². The first-order valence-corrected chi connectivity index (χ1v) is 7.86. The molecule has 24 heavy (non-hydrogen) atoms. The quantitative estimate of drug-likeness (QED) is 0.443. The molecular formula is C18H21N3O3. The Bertz CT molecular complexity index is 716. The van der Waals surface area contributed by atoms with Gasteiger partial charge in [-0.25, -0.2) is 0 Å². The van der Waals surface area contributed by atoms with Gasteiger partial charge >= 0.3 is 0 Å². The first kappa shape index (κ1) is 17.5. The van der Waals surface area contributed by atoms with Gasteiger partial charge in [-0.3, -0.25) is 14.9 Å². The number of amides is 1. The van der Waals surface area contributed by atoms with Crippen LogP contribution in [-0.4, -0.2) is 23.9 Å². The smallest absolute Gasteiger partial charge is 0.292 e. The van der Waals surface area contributed by atoms with Crippen LogP contribution in [-0.2, 0) is 11.2 Å². The van der Waals surface area contributed by atoms with E-state index in [0.29, 0.717) is 31.6 Å². The summed E-state index contributed by atoms with van der Waals surface area (Å²) in [7, 11) is 0. The molecular weight excluding hydrogens is 306 g/mol. The van der Waals surface area contributed by atoms with Gasteiger partial charge in [0.2, 0.25) is 5.91 Å². The van der Waals surface area contributed by atoms with E-state index in [2.05, 4.69) is 16.7 Å². The summed E-state index contributed by atoms with van der Waals surface area (Å²) in [5.74, 6) is -0.0270. The maximum absolute atomic E-state index is 11.8. The molecule has 0 aliphatic rings. The molecule has 0 radical (unpaired) electrons. The fourth-order valence-corrected chi connectivity index (χ4v) is 2.40. The average Bonchev–Trinajstić information content (AvgIpc) is 2.57. The van der Waals surface area contributed by atoms with E-state index in [1.54, 1.807) is 18.2 Å². The minimum Gasteiger partial charge on any atom is -0.378 e. The zero-order valence-electron chi connectivity index (χ0n) is 13.6. The monoisotopic (exact) mass is 327 g/mol. The van der Waals surface area contributed by atoms with Gasteiger partial charge in [0.05, 0.1) is 4.92 Å². The molecule has 0 fully saturated rings. The second kappa shape index (κ2) is 8.67. The van der Waals surface area contributed by atoms with Crippen LogP contribution in [0.5, 0.6) is 0 Å². The number of nitro benzene ring substituents is 1. The molecule has 0 saturated heterocycles. The Balaban J connectivity index is 1.71. The van der Waals surface area contributed by atoms with Crippen molar-refractivity contribution < 1.29 is 9.72 Å². The van der Waals surface area contributed by atoms with Gasteiger partial charge in [0.15, 0.2) is 0 Å². The largest absolute Gasteiger partial charge is 0.378 e. The van der Waals surface area contributed by atoms with Gasteiger partial charge in [0.25, 0.3) is 5.69 Å². The van der Waals surface area contributed by atoms with E-state index in [1.807, 2.05) is 25.1 Å². The fourth-order valence-electron chi connectivity index (χ4n) is 2.40. The second-order valence-corrected chi connectivity index (χ2v) is 5.54. The fraction of sp³-hybridized carbons (Fsp3) is 0.278. The summed E-state index contributed by atoms with van der Waals surface area (Å²) in [5.41, 5.74) is 2.81. The molecule has 0 unspecified atom stereocenters. The van der Waals surface area contributed by atoms with Crippen molar-refractivity contribution in [3.8, 4) is 0 Å². The van der Waals surface area contributed by atoms with Gasteiger partial charge in [-0.05, 0) is 25.0 Å². The van der Waals surface area contributed by atoms with Crippen molar-refractivity contribution in [2.75, 3.05) is 18.4 Å². The molecule has 0 aliphatic heterocycles. The molecule has 2 N–H and O–H groups in total. The van der Waals surface area contributed by atoms with Gasteiger partial charge in [0.1, 0.15) is 5.69 Å². The van der Waals surface area contributed by atoms with E-state index in [-0.39, 0.29) is 11.6 Å². The molecule has 6 heteroatoms. The maximum Gasteiger partial charge on any atom is 0.292 e. The summed E-state index contributed by atoms with van der Waals surface area (Å²) >= 11 is 0. The number of anilines is 1. The number of nitrogens with one attached hydrogen (secondary N) is 2. The van der Waals surface area contributed by atoms with Crippen LogP contribution in [0.4, 0.5) is 11.4 Å². The van der Waals surface area contributed by atoms with E-state index in [4.69, 9.17) is 0 Å². The highest BCUT2D eigenvalue weighted by Gasteiger charge is 2.11. The second-order valence-electron chi connectivity index (χ2n) is 5.54. The summed E-state index contributed by atoms with van der Waals surface area (Å²) in [6.07, 6.45) is 1.13. The SMILES string of the molecule is Cc1cccc(CCC(=O)NCCNc2ccccc2[N+](=O)[O-])c1. The van der Waals surface area contributed by atoms with Crippen LogP contribution in [0.2, 0.25) is 0 Å². The van der Waals surface area contributed by atoms with Gasteiger partial charge in [-0.1, -0.05) is 42.0 Å². The van der Waals surface area contributed by atoms with Crippen LogP contribution in [0.25, 0.3) is 0 Å². The Hall–Kier alpha value is -2.89. The van der Waals surface area contributed by atoms with Crippen LogP contribution < -0.4 is 10.6 Å². The van der Waals surface area contributed by atoms with Crippen LogP contribution >= 0.6 is 0 Å². The summed E-state index contributed by atoms with van der Waals surface area (Å²) in [5, 5.41) is 16.7. The first-order valence-electron chi connectivity index (χ1n) is 7.86. The predicted octanol–water partition coefficient (Wildman–Crippen LogP) is 3.06. The van der Waals surface area contributed by atoms with Gasteiger partial charge in [-0.15, -0.1) is 0 Å². The third kappa shape index (κ3) is 5.39. The molecule has 1 amide bonds. The molecule has 0 atom stereocenters. The van der Waals surface area contributed by atoms with Crippen molar-refractivity contribution in [3.05, 3.63) is 69.8 Å². The number of carbonyl (C=O) groups excluding carboxylic acids is 1. The van der Waals surface area contributed by atoms with E-state index < -0.39 is 4.92 Å². The van der Waals surface area contributed by atoms with Crippen molar-refractivity contribution in [2.45, 2.75) is 19.8 Å². The lowest BCUT2D eigenvalue weighted by Crippen LogP contribution is -2.29. The zero-order valence-corrected chi connectivity index (χ0v) is 13.6. The number of rotatable bonds is 8. The van der Waals surface area contributed by atoms with E-state index in [0.717, 1.165) is 5.56 Å². The number of benzene rings is 2. The minimum atomic E-state index is -0.428. The van der Waals surface area contributed by atoms with E-state index in [9.17, 15) is 14.9 Å². The zero-order chi connectivity index (χ0) is 17.4. The standard InChI is InChI=1S/C18H21N3O3/c1-14-5-4-6-15(13-14)9-10-18(22)20-12-11-19-16-7-2-3-8-17(16)21(23)24/h2-8,13,19H,9-12H2,1H3,(H,20,22). The molecule has 0 heterocycles. The first-order chi connectivity index (χ1) is 11.6. The summed E-state index contributed by atoms with van der Waals surface area (Å²) < 4.78 is 0. The number of nitrogens with zero attached hydrogens (tertiary/aromatic N) is 1. The third-order valence-electron chi connectivity index (χ3n) is 3.59. The average molecular weight is 327 g/mol. The van der Waals surface area contributed by atoms with Gasteiger partial charge in [-0.2, -0.15) is 0 Å². The summed E-state index contributed by atoms with van der Waals surface area (Å²) in [6, 6.07) is 14.5. The number of hydrogen-bond acceptors (Lipinski definition) is 4. The normalized spacial score (nSPS) is 10.2. The molecule has 0 saturated carbocycles. The van der Waals surface area contributed by atoms with E-state index in [1.165, 1.54) is 11.6 Å². The number of aryl methyl sites for hydroxylation is 2. The third-order valence-corrected chi connectivity index (χ3v) is 3.59. The van der Waals surface area contributed by atoms with Crippen molar-refractivity contribution in [3.63, 3.8) is 0 Å². The highest BCUT2D eigenvalue weighted by atomic mass is 16.6. The molecule has 126 valence electrons. The molecule has 0 aromatic heterocycles. The Labute approximate surface area is 141 Å². The molecule has 0 spiro atoms. The van der Waals surface area contributed by atoms with Crippen molar-refractivity contribution >= 4 is 17.3 Å². The lowest BCUT2D eigenvalue weighted by Gasteiger charge is -2.08. The number of hydrogen-bond donors (Lipinski definition) is 2. The van der Waals surface area contributed by atoms with Gasteiger partial charge in [0, 0.05) is 25.6 Å². The number of para-hydroxylation sites is 2. The van der Waals surface area contributed by atoms with Crippen LogP contribution in [0.3, 0.4) is 0 Å². The Morgan fingerprint density at radius 3 is 2.67 bits per heavy atom. The minimum absolute atomic E-state index is 0.0270. The highest BCUT2D eigenvalue weighted by Crippen LogP contribution is 2.22. The maximum atomic E-state index is 11.8. The van der Waals surface area contributed by atoms with Crippen LogP contribution in [0.1, 0.15) is 17.5 Å².